The van der Waals surface area contributed by atoms with E-state index in [0.29, 0.717) is 5.57 Å². The van der Waals surface area contributed by atoms with Crippen molar-refractivity contribution in [3.63, 3.8) is 0 Å². The van der Waals surface area contributed by atoms with Gasteiger partial charge in [0.05, 0.1) is 9.79 Å². The normalized spacial score (nSPS) is 12.6. The highest BCUT2D eigenvalue weighted by Gasteiger charge is 2.22. The maximum absolute atomic E-state index is 12.2. The maximum Gasteiger partial charge on any atom is 0.243 e. The third-order valence-corrected chi connectivity index (χ3v) is 5.05. The molecule has 1 aromatic rings. The standard InChI is InChI=1S/C11H16N2O4S2/c1-9(2)8-13(3)19(16,17)11-6-4-5-10(7-11)18(12,14)15/h4-7H,1,8H2,2-3H3,(H2,12,14,15). The third-order valence-electron chi connectivity index (χ3n) is 2.33. The molecule has 1 rings (SSSR count). The lowest BCUT2D eigenvalue weighted by Gasteiger charge is -2.17. The molecule has 0 radical (unpaired) electrons. The van der Waals surface area contributed by atoms with Crippen molar-refractivity contribution >= 4 is 20.0 Å². The molecule has 0 saturated carbocycles. The maximum atomic E-state index is 12.2. The van der Waals surface area contributed by atoms with Crippen LogP contribution >= 0.6 is 0 Å². The number of sulfonamides is 2. The van der Waals surface area contributed by atoms with E-state index in [-0.39, 0.29) is 16.3 Å². The SMILES string of the molecule is C=C(C)CN(C)S(=O)(=O)c1cccc(S(N)(=O)=O)c1. The summed E-state index contributed by atoms with van der Waals surface area (Å²) < 4.78 is 47.9. The monoisotopic (exact) mass is 304 g/mol. The van der Waals surface area contributed by atoms with Crippen LogP contribution in [0.15, 0.2) is 46.2 Å². The molecule has 0 bridgehead atoms. The average Bonchev–Trinajstić information content (AvgIpc) is 2.27. The number of hydrogen-bond acceptors (Lipinski definition) is 4. The van der Waals surface area contributed by atoms with Crippen LogP contribution in [0.4, 0.5) is 0 Å². The summed E-state index contributed by atoms with van der Waals surface area (Å²) in [5, 5.41) is 4.98. The molecule has 8 heteroatoms. The van der Waals surface area contributed by atoms with Gasteiger partial charge in [0.1, 0.15) is 0 Å². The van der Waals surface area contributed by atoms with E-state index in [0.717, 1.165) is 10.4 Å². The van der Waals surface area contributed by atoms with Crippen molar-refractivity contribution in [1.82, 2.24) is 4.31 Å². The first kappa shape index (κ1) is 15.8. The topological polar surface area (TPSA) is 97.5 Å². The fourth-order valence-electron chi connectivity index (χ4n) is 1.46. The Morgan fingerprint density at radius 2 is 1.79 bits per heavy atom. The number of nitrogens with two attached hydrogens (primary N) is 1. The van der Waals surface area contributed by atoms with Crippen molar-refractivity contribution in [2.45, 2.75) is 16.7 Å². The summed E-state index contributed by atoms with van der Waals surface area (Å²) in [6.07, 6.45) is 0. The molecule has 0 spiro atoms. The van der Waals surface area contributed by atoms with Crippen LogP contribution in [0.2, 0.25) is 0 Å². The summed E-state index contributed by atoms with van der Waals surface area (Å²) in [4.78, 5) is -0.361. The van der Waals surface area contributed by atoms with Gasteiger partial charge in [0.15, 0.2) is 0 Å². The van der Waals surface area contributed by atoms with E-state index < -0.39 is 20.0 Å². The molecule has 0 fully saturated rings. The molecule has 106 valence electrons. The predicted octanol–water partition coefficient (Wildman–Crippen LogP) is 0.531. The second-order valence-electron chi connectivity index (χ2n) is 4.24. The van der Waals surface area contributed by atoms with Gasteiger partial charge in [-0.1, -0.05) is 18.2 Å². The molecule has 0 aliphatic carbocycles. The van der Waals surface area contributed by atoms with E-state index in [4.69, 9.17) is 5.14 Å². The molecule has 0 aliphatic heterocycles. The molecule has 0 aliphatic rings. The Hall–Kier alpha value is -1.22. The van der Waals surface area contributed by atoms with Gasteiger partial charge < -0.3 is 0 Å². The van der Waals surface area contributed by atoms with Crippen LogP contribution in [-0.2, 0) is 20.0 Å². The zero-order valence-corrected chi connectivity index (χ0v) is 12.3. The van der Waals surface area contributed by atoms with Gasteiger partial charge in [0, 0.05) is 13.6 Å². The van der Waals surface area contributed by atoms with Crippen LogP contribution in [-0.4, -0.2) is 34.7 Å². The fourth-order valence-corrected chi connectivity index (χ4v) is 3.37. The summed E-state index contributed by atoms with van der Waals surface area (Å²) in [5.74, 6) is 0. The van der Waals surface area contributed by atoms with Crippen molar-refractivity contribution in [3.8, 4) is 0 Å². The fraction of sp³-hybridized carbons (Fsp3) is 0.273. The van der Waals surface area contributed by atoms with Crippen LogP contribution in [0.3, 0.4) is 0 Å². The van der Waals surface area contributed by atoms with E-state index in [1.807, 2.05) is 0 Å². The molecule has 0 heterocycles. The number of primary sulfonamides is 1. The van der Waals surface area contributed by atoms with Crippen molar-refractivity contribution in [2.75, 3.05) is 13.6 Å². The molecule has 0 atom stereocenters. The molecular formula is C11H16N2O4S2. The summed E-state index contributed by atoms with van der Waals surface area (Å²) >= 11 is 0. The summed E-state index contributed by atoms with van der Waals surface area (Å²) in [6, 6.07) is 4.94. The number of likely N-dealkylation sites (N-methyl/N-ethyl adjacent to an activating group) is 1. The number of nitrogens with zero attached hydrogens (tertiary/aromatic N) is 1. The lowest BCUT2D eigenvalue weighted by Crippen LogP contribution is -2.28. The van der Waals surface area contributed by atoms with E-state index in [9.17, 15) is 16.8 Å². The highest BCUT2D eigenvalue weighted by atomic mass is 32.2. The van der Waals surface area contributed by atoms with E-state index in [1.54, 1.807) is 6.92 Å². The second kappa shape index (κ2) is 5.41. The van der Waals surface area contributed by atoms with E-state index >= 15 is 0 Å². The third kappa shape index (κ3) is 3.87. The lowest BCUT2D eigenvalue weighted by molar-refractivity contribution is 0.493. The molecular weight excluding hydrogens is 288 g/mol. The van der Waals surface area contributed by atoms with Crippen LogP contribution < -0.4 is 5.14 Å². The first-order valence-electron chi connectivity index (χ1n) is 5.29. The van der Waals surface area contributed by atoms with Crippen LogP contribution in [0.5, 0.6) is 0 Å². The smallest absolute Gasteiger partial charge is 0.225 e. The van der Waals surface area contributed by atoms with Crippen molar-refractivity contribution in [3.05, 3.63) is 36.4 Å². The first-order chi connectivity index (χ1) is 8.55. The molecule has 19 heavy (non-hydrogen) atoms. The predicted molar refractivity (Wildman–Crippen MR) is 72.4 cm³/mol. The van der Waals surface area contributed by atoms with Crippen LogP contribution in [0.25, 0.3) is 0 Å². The van der Waals surface area contributed by atoms with Gasteiger partial charge in [-0.3, -0.25) is 0 Å². The second-order valence-corrected chi connectivity index (χ2v) is 7.84. The molecule has 1 aromatic carbocycles. The van der Waals surface area contributed by atoms with Crippen LogP contribution in [0, 0.1) is 0 Å². The van der Waals surface area contributed by atoms with Gasteiger partial charge in [-0.05, 0) is 25.1 Å². The number of benzene rings is 1. The minimum Gasteiger partial charge on any atom is -0.225 e. The molecule has 6 nitrogen and oxygen atoms in total. The van der Waals surface area contributed by atoms with Crippen molar-refractivity contribution in [1.29, 1.82) is 0 Å². The Balaban J connectivity index is 3.27. The Morgan fingerprint density at radius 1 is 1.26 bits per heavy atom. The molecule has 0 saturated heterocycles. The summed E-state index contributed by atoms with van der Waals surface area (Å²) in [5.41, 5.74) is 0.675. The van der Waals surface area contributed by atoms with Crippen molar-refractivity contribution in [2.24, 2.45) is 5.14 Å². The molecule has 0 aromatic heterocycles. The highest BCUT2D eigenvalue weighted by Crippen LogP contribution is 2.18. The zero-order chi connectivity index (χ0) is 14.8. The zero-order valence-electron chi connectivity index (χ0n) is 10.7. The Bertz CT molecular complexity index is 693. The largest absolute Gasteiger partial charge is 0.243 e. The number of hydrogen-bond donors (Lipinski definition) is 1. The summed E-state index contributed by atoms with van der Waals surface area (Å²) in [6.45, 7) is 5.49. The molecule has 0 amide bonds. The quantitative estimate of drug-likeness (QED) is 0.802. The van der Waals surface area contributed by atoms with Crippen molar-refractivity contribution < 1.29 is 16.8 Å². The minimum atomic E-state index is -3.93. The Kier molecular flexibility index (Phi) is 4.51. The first-order valence-corrected chi connectivity index (χ1v) is 8.27. The van der Waals surface area contributed by atoms with E-state index in [2.05, 4.69) is 6.58 Å². The van der Waals surface area contributed by atoms with Gasteiger partial charge in [-0.25, -0.2) is 22.0 Å². The lowest BCUT2D eigenvalue weighted by atomic mass is 10.4. The highest BCUT2D eigenvalue weighted by molar-refractivity contribution is 7.90. The van der Waals surface area contributed by atoms with Gasteiger partial charge >= 0.3 is 0 Å². The van der Waals surface area contributed by atoms with Gasteiger partial charge in [0.25, 0.3) is 0 Å². The molecule has 0 unspecified atom stereocenters. The Labute approximate surface area is 113 Å². The number of rotatable bonds is 5. The van der Waals surface area contributed by atoms with Gasteiger partial charge in [0.2, 0.25) is 20.0 Å². The Morgan fingerprint density at radius 3 is 2.26 bits per heavy atom. The van der Waals surface area contributed by atoms with E-state index in [1.165, 1.54) is 25.2 Å². The average molecular weight is 304 g/mol. The minimum absolute atomic E-state index is 0.122. The van der Waals surface area contributed by atoms with Gasteiger partial charge in [-0.15, -0.1) is 0 Å². The van der Waals surface area contributed by atoms with Crippen LogP contribution in [0.1, 0.15) is 6.92 Å². The molecule has 2 N–H and O–H groups in total. The van der Waals surface area contributed by atoms with Gasteiger partial charge in [-0.2, -0.15) is 4.31 Å². The summed E-state index contributed by atoms with van der Waals surface area (Å²) in [7, 11) is -6.30.